The van der Waals surface area contributed by atoms with E-state index in [1.165, 1.54) is 0 Å². The van der Waals surface area contributed by atoms with Crippen LogP contribution in [-0.2, 0) is 11.3 Å². The number of amides is 1. The van der Waals surface area contributed by atoms with Gasteiger partial charge in [0.05, 0.1) is 6.54 Å². The van der Waals surface area contributed by atoms with Gasteiger partial charge in [0, 0.05) is 19.4 Å². The summed E-state index contributed by atoms with van der Waals surface area (Å²) in [7, 11) is 1.80. The standard InChI is InChI=1S/C14H19N3O2/c1-17(13(18)8-10-4-2-3-5-10)9-12-15-14(19-16-12)11-6-7-11/h2,4,10-11H,3,5-9H2,1H3/t10-/m1/s1. The average molecular weight is 261 g/mol. The molecule has 1 heterocycles. The molecule has 0 saturated heterocycles. The van der Waals surface area contributed by atoms with Crippen LogP contribution >= 0.6 is 0 Å². The molecule has 0 bridgehead atoms. The van der Waals surface area contributed by atoms with Gasteiger partial charge in [-0.15, -0.1) is 0 Å². The summed E-state index contributed by atoms with van der Waals surface area (Å²) in [4.78, 5) is 18.1. The van der Waals surface area contributed by atoms with Gasteiger partial charge in [0.2, 0.25) is 11.8 Å². The van der Waals surface area contributed by atoms with E-state index in [4.69, 9.17) is 4.52 Å². The highest BCUT2D eigenvalue weighted by atomic mass is 16.5. The summed E-state index contributed by atoms with van der Waals surface area (Å²) in [5, 5.41) is 3.94. The monoisotopic (exact) mass is 261 g/mol. The third kappa shape index (κ3) is 3.03. The third-order valence-corrected chi connectivity index (χ3v) is 3.76. The fourth-order valence-corrected chi connectivity index (χ4v) is 2.37. The number of nitrogens with zero attached hydrogens (tertiary/aromatic N) is 3. The van der Waals surface area contributed by atoms with Crippen molar-refractivity contribution >= 4 is 5.91 Å². The van der Waals surface area contributed by atoms with Gasteiger partial charge in [-0.2, -0.15) is 4.98 Å². The Labute approximate surface area is 112 Å². The lowest BCUT2D eigenvalue weighted by Crippen LogP contribution is -2.27. The number of allylic oxidation sites excluding steroid dienone is 2. The predicted molar refractivity (Wildman–Crippen MR) is 69.2 cm³/mol. The summed E-state index contributed by atoms with van der Waals surface area (Å²) in [5.41, 5.74) is 0. The van der Waals surface area contributed by atoms with Crippen LogP contribution in [0.25, 0.3) is 0 Å². The SMILES string of the molecule is CN(Cc1noc(C2CC2)n1)C(=O)C[C@@H]1C=CCC1. The number of carbonyl (C=O) groups excluding carboxylic acids is 1. The highest BCUT2D eigenvalue weighted by Crippen LogP contribution is 2.38. The first-order chi connectivity index (χ1) is 9.22. The minimum Gasteiger partial charge on any atom is -0.339 e. The van der Waals surface area contributed by atoms with Crippen molar-refractivity contribution in [2.45, 2.75) is 44.6 Å². The molecular weight excluding hydrogens is 242 g/mol. The zero-order valence-corrected chi connectivity index (χ0v) is 11.2. The van der Waals surface area contributed by atoms with Gasteiger partial charge in [-0.25, -0.2) is 0 Å². The molecule has 1 amide bonds. The molecule has 1 atom stereocenters. The van der Waals surface area contributed by atoms with E-state index in [9.17, 15) is 4.79 Å². The zero-order chi connectivity index (χ0) is 13.2. The molecule has 102 valence electrons. The van der Waals surface area contributed by atoms with Crippen LogP contribution in [0.3, 0.4) is 0 Å². The van der Waals surface area contributed by atoms with E-state index < -0.39 is 0 Å². The van der Waals surface area contributed by atoms with E-state index in [0.29, 0.717) is 30.6 Å². The molecule has 5 heteroatoms. The van der Waals surface area contributed by atoms with Gasteiger partial charge < -0.3 is 9.42 Å². The van der Waals surface area contributed by atoms with Crippen LogP contribution in [0, 0.1) is 5.92 Å². The molecule has 1 aromatic rings. The van der Waals surface area contributed by atoms with Crippen LogP contribution in [0.1, 0.15) is 49.7 Å². The third-order valence-electron chi connectivity index (χ3n) is 3.76. The molecule has 1 saturated carbocycles. The van der Waals surface area contributed by atoms with Crippen LogP contribution in [-0.4, -0.2) is 28.0 Å². The minimum atomic E-state index is 0.148. The van der Waals surface area contributed by atoms with Crippen molar-refractivity contribution in [2.75, 3.05) is 7.05 Å². The molecule has 0 unspecified atom stereocenters. The van der Waals surface area contributed by atoms with Crippen molar-refractivity contribution in [3.63, 3.8) is 0 Å². The Morgan fingerprint density at radius 1 is 1.47 bits per heavy atom. The van der Waals surface area contributed by atoms with E-state index in [1.807, 2.05) is 0 Å². The summed E-state index contributed by atoms with van der Waals surface area (Å²) in [6.07, 6.45) is 9.35. The fraction of sp³-hybridized carbons (Fsp3) is 0.643. The molecule has 0 N–H and O–H groups in total. The van der Waals surface area contributed by atoms with Crippen LogP contribution in [0.4, 0.5) is 0 Å². The molecule has 5 nitrogen and oxygen atoms in total. The maximum Gasteiger partial charge on any atom is 0.229 e. The van der Waals surface area contributed by atoms with E-state index >= 15 is 0 Å². The van der Waals surface area contributed by atoms with Crippen molar-refractivity contribution in [3.8, 4) is 0 Å². The maximum absolute atomic E-state index is 12.1. The Balaban J connectivity index is 1.52. The quantitative estimate of drug-likeness (QED) is 0.763. The first kappa shape index (κ1) is 12.4. The molecule has 1 fully saturated rings. The lowest BCUT2D eigenvalue weighted by molar-refractivity contribution is -0.131. The van der Waals surface area contributed by atoms with Crippen LogP contribution in [0.2, 0.25) is 0 Å². The Kier molecular flexibility index (Phi) is 3.36. The van der Waals surface area contributed by atoms with Gasteiger partial charge >= 0.3 is 0 Å². The van der Waals surface area contributed by atoms with Gasteiger partial charge in [0.25, 0.3) is 0 Å². The van der Waals surface area contributed by atoms with Gasteiger partial charge in [-0.05, 0) is 31.6 Å². The normalized spacial score (nSPS) is 21.8. The first-order valence-corrected chi connectivity index (χ1v) is 6.95. The summed E-state index contributed by atoms with van der Waals surface area (Å²) in [5.74, 6) is 2.36. The van der Waals surface area contributed by atoms with Crippen LogP contribution < -0.4 is 0 Å². The Morgan fingerprint density at radius 2 is 2.32 bits per heavy atom. The molecule has 3 rings (SSSR count). The van der Waals surface area contributed by atoms with E-state index in [0.717, 1.165) is 31.6 Å². The van der Waals surface area contributed by atoms with Crippen molar-refractivity contribution in [1.82, 2.24) is 15.0 Å². The molecule has 0 spiro atoms. The Bertz CT molecular complexity index is 491. The summed E-state index contributed by atoms with van der Waals surface area (Å²) < 4.78 is 5.19. The average Bonchev–Trinajstić information content (AvgIpc) is 2.92. The molecule has 0 aromatic carbocycles. The van der Waals surface area contributed by atoms with Gasteiger partial charge in [0.1, 0.15) is 0 Å². The van der Waals surface area contributed by atoms with Crippen LogP contribution in [0.5, 0.6) is 0 Å². The lowest BCUT2D eigenvalue weighted by Gasteiger charge is -2.16. The maximum atomic E-state index is 12.1. The van der Waals surface area contributed by atoms with E-state index in [2.05, 4.69) is 22.3 Å². The van der Waals surface area contributed by atoms with Crippen LogP contribution in [0.15, 0.2) is 16.7 Å². The second kappa shape index (κ2) is 5.15. The molecule has 2 aliphatic rings. The largest absolute Gasteiger partial charge is 0.339 e. The van der Waals surface area contributed by atoms with Crippen molar-refractivity contribution in [1.29, 1.82) is 0 Å². The smallest absolute Gasteiger partial charge is 0.229 e. The van der Waals surface area contributed by atoms with Gasteiger partial charge in [-0.3, -0.25) is 4.79 Å². The highest BCUT2D eigenvalue weighted by Gasteiger charge is 2.29. The molecule has 0 radical (unpaired) electrons. The van der Waals surface area contributed by atoms with E-state index in [-0.39, 0.29) is 5.91 Å². The summed E-state index contributed by atoms with van der Waals surface area (Å²) in [6.45, 7) is 0.436. The second-order valence-electron chi connectivity index (χ2n) is 5.54. The minimum absolute atomic E-state index is 0.148. The van der Waals surface area contributed by atoms with Crippen molar-refractivity contribution in [3.05, 3.63) is 23.9 Å². The number of hydrogen-bond acceptors (Lipinski definition) is 4. The summed E-state index contributed by atoms with van der Waals surface area (Å²) in [6, 6.07) is 0. The fourth-order valence-electron chi connectivity index (χ4n) is 2.37. The topological polar surface area (TPSA) is 59.2 Å². The molecule has 0 aliphatic heterocycles. The van der Waals surface area contributed by atoms with Gasteiger partial charge in [-0.1, -0.05) is 17.3 Å². The second-order valence-corrected chi connectivity index (χ2v) is 5.54. The number of carbonyl (C=O) groups is 1. The molecule has 2 aliphatic carbocycles. The Morgan fingerprint density at radius 3 is 3.00 bits per heavy atom. The zero-order valence-electron chi connectivity index (χ0n) is 11.2. The molecule has 19 heavy (non-hydrogen) atoms. The molecule has 1 aromatic heterocycles. The predicted octanol–water partition coefficient (Wildman–Crippen LogP) is 2.26. The van der Waals surface area contributed by atoms with E-state index in [1.54, 1.807) is 11.9 Å². The highest BCUT2D eigenvalue weighted by molar-refractivity contribution is 5.76. The number of aromatic nitrogens is 2. The molecular formula is C14H19N3O2. The Hall–Kier alpha value is -1.65. The number of hydrogen-bond donors (Lipinski definition) is 0. The summed E-state index contributed by atoms with van der Waals surface area (Å²) >= 11 is 0. The number of rotatable bonds is 5. The van der Waals surface area contributed by atoms with Gasteiger partial charge in [0.15, 0.2) is 5.82 Å². The lowest BCUT2D eigenvalue weighted by atomic mass is 10.0. The first-order valence-electron chi connectivity index (χ1n) is 6.95. The van der Waals surface area contributed by atoms with Crippen molar-refractivity contribution in [2.24, 2.45) is 5.92 Å². The van der Waals surface area contributed by atoms with Crippen molar-refractivity contribution < 1.29 is 9.32 Å².